The number of benzene rings is 1. The monoisotopic (exact) mass is 598 g/mol. The average Bonchev–Trinajstić information content (AvgIpc) is 3.60. The van der Waals surface area contributed by atoms with E-state index in [1.165, 1.54) is 40.9 Å². The van der Waals surface area contributed by atoms with Crippen molar-refractivity contribution < 1.29 is 19.5 Å². The second kappa shape index (κ2) is 11.2. The predicted octanol–water partition coefficient (Wildman–Crippen LogP) is 4.99. The maximum absolute atomic E-state index is 13.1. The minimum absolute atomic E-state index is 0.0102. The number of hydrogen-bond donors (Lipinski definition) is 3. The lowest BCUT2D eigenvalue weighted by Crippen LogP contribution is -2.38. The Bertz CT molecular complexity index is 1590. The lowest BCUT2D eigenvalue weighted by atomic mass is 9.78. The molecule has 0 spiro atoms. The fourth-order valence-electron chi connectivity index (χ4n) is 4.49. The zero-order valence-electron chi connectivity index (χ0n) is 20.0. The van der Waals surface area contributed by atoms with Crippen molar-refractivity contribution in [2.45, 2.75) is 29.5 Å². The second-order valence-corrected chi connectivity index (χ2v) is 12.1. The number of nitrogens with two attached hydrogens (primary N) is 1. The summed E-state index contributed by atoms with van der Waals surface area (Å²) in [7, 11) is 0. The van der Waals surface area contributed by atoms with E-state index in [0.29, 0.717) is 45.6 Å². The van der Waals surface area contributed by atoms with Crippen LogP contribution < -0.4 is 16.0 Å². The van der Waals surface area contributed by atoms with Crippen LogP contribution in [0.25, 0.3) is 0 Å². The number of hydrogen-bond acceptors (Lipinski definition) is 11. The molecule has 3 aromatic rings. The SMILES string of the molecule is N#CC1=C(N)N(c2nnc(SCC(=O)Nc3ccc(Cl)c(C(=O)O)c3)s2)C2=C(C(=O)CCC2)C1c1cccs1. The molecule has 4 N–H and O–H groups in total. The molecule has 14 heteroatoms. The highest BCUT2D eigenvalue weighted by atomic mass is 35.5. The standard InChI is InChI=1S/C25H19ClN6O4S3/c26-15-7-6-12(9-13(15)23(35)36)29-19(34)11-38-25-31-30-24(39-25)32-16-3-1-4-17(33)21(16)20(14(10-27)22(32)28)18-5-2-8-37-18/h2,5-9,20H,1,3-4,11,28H2,(H,29,34)(H,35,36). The van der Waals surface area contributed by atoms with E-state index < -0.39 is 11.9 Å². The summed E-state index contributed by atoms with van der Waals surface area (Å²) in [6.45, 7) is 0. The topological polar surface area (TPSA) is 162 Å². The van der Waals surface area contributed by atoms with Gasteiger partial charge in [-0.2, -0.15) is 5.26 Å². The molecule has 198 valence electrons. The van der Waals surface area contributed by atoms with Crippen molar-refractivity contribution in [2.24, 2.45) is 5.73 Å². The number of nitrogens with zero attached hydrogens (tertiary/aromatic N) is 4. The van der Waals surface area contributed by atoms with E-state index in [4.69, 9.17) is 17.3 Å². The normalized spacial score (nSPS) is 17.2. The molecular formula is C25H19ClN6O4S3. The van der Waals surface area contributed by atoms with Gasteiger partial charge in [-0.1, -0.05) is 40.8 Å². The summed E-state index contributed by atoms with van der Waals surface area (Å²) in [4.78, 5) is 39.4. The molecule has 0 radical (unpaired) electrons. The molecule has 1 aromatic carbocycles. The van der Waals surface area contributed by atoms with Gasteiger partial charge in [0.05, 0.1) is 33.9 Å². The number of halogens is 1. The van der Waals surface area contributed by atoms with E-state index in [9.17, 15) is 24.8 Å². The van der Waals surface area contributed by atoms with Crippen molar-refractivity contribution in [3.8, 4) is 6.07 Å². The molecule has 5 rings (SSSR count). The van der Waals surface area contributed by atoms with Crippen LogP contribution in [0.2, 0.25) is 5.02 Å². The Kier molecular flexibility index (Phi) is 7.72. The number of aromatic carboxylic acids is 1. The Hall–Kier alpha value is -3.70. The molecular weight excluding hydrogens is 580 g/mol. The minimum atomic E-state index is -1.20. The molecule has 1 atom stereocenters. The van der Waals surface area contributed by atoms with Crippen LogP contribution in [-0.2, 0) is 9.59 Å². The van der Waals surface area contributed by atoms with E-state index in [2.05, 4.69) is 21.6 Å². The van der Waals surface area contributed by atoms with Gasteiger partial charge in [-0.05, 0) is 42.5 Å². The third-order valence-corrected chi connectivity index (χ3v) is 9.44. The van der Waals surface area contributed by atoms with Gasteiger partial charge in [-0.3, -0.25) is 14.5 Å². The van der Waals surface area contributed by atoms with E-state index in [1.807, 2.05) is 17.5 Å². The van der Waals surface area contributed by atoms with Crippen LogP contribution in [0.5, 0.6) is 0 Å². The molecule has 3 heterocycles. The number of thiophene rings is 1. The highest BCUT2D eigenvalue weighted by molar-refractivity contribution is 8.01. The lowest BCUT2D eigenvalue weighted by Gasteiger charge is -2.37. The van der Waals surface area contributed by atoms with E-state index in [1.54, 1.807) is 4.90 Å². The van der Waals surface area contributed by atoms with Crippen molar-refractivity contribution in [3.63, 3.8) is 0 Å². The van der Waals surface area contributed by atoms with Gasteiger partial charge in [0.25, 0.3) is 0 Å². The number of allylic oxidation sites excluding steroid dienone is 3. The number of anilines is 2. The van der Waals surface area contributed by atoms with Gasteiger partial charge in [-0.15, -0.1) is 21.5 Å². The van der Waals surface area contributed by atoms with Crippen LogP contribution in [0, 0.1) is 11.3 Å². The first-order valence-corrected chi connectivity index (χ1v) is 14.6. The van der Waals surface area contributed by atoms with Gasteiger partial charge in [0.2, 0.25) is 11.0 Å². The van der Waals surface area contributed by atoms with Gasteiger partial charge in [-0.25, -0.2) is 4.79 Å². The number of rotatable bonds is 7. The van der Waals surface area contributed by atoms with Gasteiger partial charge < -0.3 is 16.2 Å². The molecule has 0 saturated carbocycles. The van der Waals surface area contributed by atoms with Crippen molar-refractivity contribution in [1.82, 2.24) is 10.2 Å². The van der Waals surface area contributed by atoms with E-state index in [-0.39, 0.29) is 33.9 Å². The minimum Gasteiger partial charge on any atom is -0.478 e. The predicted molar refractivity (Wildman–Crippen MR) is 150 cm³/mol. The molecule has 2 aromatic heterocycles. The summed E-state index contributed by atoms with van der Waals surface area (Å²) < 4.78 is 0.485. The first kappa shape index (κ1) is 26.9. The largest absolute Gasteiger partial charge is 0.478 e. The number of Topliss-reactive ketones (excluding diaryl/α,β-unsaturated/α-hetero) is 1. The summed E-state index contributed by atoms with van der Waals surface area (Å²) >= 11 is 9.69. The third-order valence-electron chi connectivity index (χ3n) is 6.14. The molecule has 1 aliphatic heterocycles. The Morgan fingerprint density at radius 3 is 2.85 bits per heavy atom. The van der Waals surface area contributed by atoms with E-state index >= 15 is 0 Å². The highest BCUT2D eigenvalue weighted by Crippen LogP contribution is 2.48. The average molecular weight is 599 g/mol. The van der Waals surface area contributed by atoms with Crippen LogP contribution >= 0.6 is 46.0 Å². The first-order valence-electron chi connectivity index (χ1n) is 11.6. The number of carbonyl (C=O) groups excluding carboxylic acids is 2. The lowest BCUT2D eigenvalue weighted by molar-refractivity contribution is -0.116. The van der Waals surface area contributed by atoms with Crippen molar-refractivity contribution in [3.05, 3.63) is 73.8 Å². The number of ketones is 1. The summed E-state index contributed by atoms with van der Waals surface area (Å²) in [6, 6.07) is 10.2. The number of thioether (sulfide) groups is 1. The Labute approximate surface area is 239 Å². The van der Waals surface area contributed by atoms with Gasteiger partial charge in [0, 0.05) is 28.3 Å². The summed E-state index contributed by atoms with van der Waals surface area (Å²) in [6.07, 6.45) is 1.67. The second-order valence-electron chi connectivity index (χ2n) is 8.52. The number of aromatic nitrogens is 2. The van der Waals surface area contributed by atoms with Crippen molar-refractivity contribution in [2.75, 3.05) is 16.0 Å². The maximum Gasteiger partial charge on any atom is 0.337 e. The summed E-state index contributed by atoms with van der Waals surface area (Å²) in [5.74, 6) is -1.88. The molecule has 1 amide bonds. The molecule has 39 heavy (non-hydrogen) atoms. The van der Waals surface area contributed by atoms with E-state index in [0.717, 1.165) is 22.3 Å². The Balaban J connectivity index is 1.36. The van der Waals surface area contributed by atoms with Crippen molar-refractivity contribution in [1.29, 1.82) is 5.26 Å². The van der Waals surface area contributed by atoms with Gasteiger partial charge >= 0.3 is 5.97 Å². The smallest absolute Gasteiger partial charge is 0.337 e. The fraction of sp³-hybridized carbons (Fsp3) is 0.200. The Morgan fingerprint density at radius 1 is 1.31 bits per heavy atom. The fourth-order valence-corrected chi connectivity index (χ4v) is 7.21. The number of carboxylic acids is 1. The molecule has 1 unspecified atom stereocenters. The number of nitrogens with one attached hydrogen (secondary N) is 1. The summed E-state index contributed by atoms with van der Waals surface area (Å²) in [5.41, 5.74) is 8.31. The highest BCUT2D eigenvalue weighted by Gasteiger charge is 2.41. The first-order chi connectivity index (χ1) is 18.8. The van der Waals surface area contributed by atoms with Crippen LogP contribution in [0.15, 0.2) is 62.7 Å². The molecule has 2 aliphatic rings. The van der Waals surface area contributed by atoms with Gasteiger partial charge in [0.15, 0.2) is 10.1 Å². The molecule has 10 nitrogen and oxygen atoms in total. The zero-order valence-corrected chi connectivity index (χ0v) is 23.2. The number of amides is 1. The third kappa shape index (κ3) is 5.28. The number of carboxylic acid groups (broad SMARTS) is 1. The number of nitriles is 1. The van der Waals surface area contributed by atoms with Crippen LogP contribution in [0.1, 0.15) is 40.4 Å². The summed E-state index contributed by atoms with van der Waals surface area (Å²) in [5, 5.41) is 32.7. The van der Waals surface area contributed by atoms with Crippen molar-refractivity contribution >= 4 is 74.5 Å². The van der Waals surface area contributed by atoms with Gasteiger partial charge in [0.1, 0.15) is 5.82 Å². The zero-order chi connectivity index (χ0) is 27.7. The molecule has 0 fully saturated rings. The Morgan fingerprint density at radius 2 is 2.13 bits per heavy atom. The van der Waals surface area contributed by atoms with Crippen LogP contribution in [0.3, 0.4) is 0 Å². The quantitative estimate of drug-likeness (QED) is 0.316. The molecule has 0 bridgehead atoms. The van der Waals surface area contributed by atoms with Crippen LogP contribution in [-0.4, -0.2) is 38.7 Å². The molecule has 0 saturated heterocycles. The van der Waals surface area contributed by atoms with Crippen LogP contribution in [0.4, 0.5) is 10.8 Å². The molecule has 1 aliphatic carbocycles. The maximum atomic E-state index is 13.1. The number of carbonyl (C=O) groups is 3.